The van der Waals surface area contributed by atoms with Gasteiger partial charge in [-0.05, 0) is 43.4 Å². The first-order valence-electron chi connectivity index (χ1n) is 6.25. The minimum atomic E-state index is -0.0294. The van der Waals surface area contributed by atoms with E-state index in [4.69, 9.17) is 0 Å². The minimum absolute atomic E-state index is 0.0294. The summed E-state index contributed by atoms with van der Waals surface area (Å²) in [6.07, 6.45) is 2.74. The van der Waals surface area contributed by atoms with E-state index in [9.17, 15) is 4.79 Å². The smallest absolute Gasteiger partial charge is 0.221 e. The first kappa shape index (κ1) is 12.1. The average Bonchev–Trinajstić information content (AvgIpc) is 3.11. The third kappa shape index (κ3) is 3.86. The summed E-state index contributed by atoms with van der Waals surface area (Å²) in [7, 11) is 0. The Morgan fingerprint density at radius 2 is 2.00 bits per heavy atom. The summed E-state index contributed by atoms with van der Waals surface area (Å²) in [5.74, 6) is 0.854. The maximum Gasteiger partial charge on any atom is 0.221 e. The molecule has 0 aromatic heterocycles. The Hall–Kier alpha value is -1.35. The third-order valence-electron chi connectivity index (χ3n) is 3.23. The van der Waals surface area contributed by atoms with Gasteiger partial charge in [0.2, 0.25) is 5.91 Å². The van der Waals surface area contributed by atoms with Crippen molar-refractivity contribution in [2.24, 2.45) is 5.92 Å². The van der Waals surface area contributed by atoms with E-state index in [1.807, 2.05) is 12.1 Å². The summed E-state index contributed by atoms with van der Waals surface area (Å²) in [5, 5.41) is 6.30. The van der Waals surface area contributed by atoms with Crippen LogP contribution in [0.4, 0.5) is 5.69 Å². The van der Waals surface area contributed by atoms with Crippen molar-refractivity contribution < 1.29 is 4.79 Å². The van der Waals surface area contributed by atoms with Crippen LogP contribution in [-0.4, -0.2) is 11.9 Å². The van der Waals surface area contributed by atoms with Gasteiger partial charge in [-0.1, -0.05) is 12.1 Å². The molecule has 0 aliphatic heterocycles. The molecule has 17 heavy (non-hydrogen) atoms. The van der Waals surface area contributed by atoms with E-state index in [1.54, 1.807) is 0 Å². The van der Waals surface area contributed by atoms with Crippen molar-refractivity contribution in [2.45, 2.75) is 39.3 Å². The van der Waals surface area contributed by atoms with Crippen molar-refractivity contribution >= 4 is 11.6 Å². The zero-order chi connectivity index (χ0) is 12.3. The Balaban J connectivity index is 1.82. The number of hydrogen-bond acceptors (Lipinski definition) is 2. The molecule has 1 aliphatic carbocycles. The van der Waals surface area contributed by atoms with E-state index in [2.05, 4.69) is 29.7 Å². The highest BCUT2D eigenvalue weighted by molar-refractivity contribution is 5.88. The summed E-state index contributed by atoms with van der Waals surface area (Å²) in [6.45, 7) is 4.67. The SMILES string of the molecule is CC(=O)Nc1ccc(CNC(C)C2CC2)cc1. The van der Waals surface area contributed by atoms with E-state index >= 15 is 0 Å². The Labute approximate surface area is 103 Å². The van der Waals surface area contributed by atoms with Gasteiger partial charge in [0.25, 0.3) is 0 Å². The van der Waals surface area contributed by atoms with Crippen molar-refractivity contribution in [2.75, 3.05) is 5.32 Å². The molecule has 1 atom stereocenters. The summed E-state index contributed by atoms with van der Waals surface area (Å²) in [6, 6.07) is 8.61. The predicted molar refractivity (Wildman–Crippen MR) is 69.8 cm³/mol. The molecule has 0 spiro atoms. The standard InChI is InChI=1S/C14H20N2O/c1-10(13-5-6-13)15-9-12-3-7-14(8-4-12)16-11(2)17/h3-4,7-8,10,13,15H,5-6,9H2,1-2H3,(H,16,17). The third-order valence-corrected chi connectivity index (χ3v) is 3.23. The van der Waals surface area contributed by atoms with Crippen LogP contribution < -0.4 is 10.6 Å². The molecule has 0 heterocycles. The maximum atomic E-state index is 10.9. The summed E-state index contributed by atoms with van der Waals surface area (Å²) in [4.78, 5) is 10.9. The Morgan fingerprint density at radius 1 is 1.35 bits per heavy atom. The van der Waals surface area contributed by atoms with Gasteiger partial charge < -0.3 is 10.6 Å². The lowest BCUT2D eigenvalue weighted by Crippen LogP contribution is -2.27. The molecule has 2 rings (SSSR count). The second-order valence-electron chi connectivity index (χ2n) is 4.89. The van der Waals surface area contributed by atoms with Gasteiger partial charge in [0, 0.05) is 25.2 Å². The molecule has 92 valence electrons. The highest BCUT2D eigenvalue weighted by Crippen LogP contribution is 2.32. The van der Waals surface area contributed by atoms with Crippen LogP contribution in [0.25, 0.3) is 0 Å². The molecule has 2 N–H and O–H groups in total. The summed E-state index contributed by atoms with van der Waals surface area (Å²) < 4.78 is 0. The molecular formula is C14H20N2O. The van der Waals surface area contributed by atoms with Crippen LogP contribution in [0.3, 0.4) is 0 Å². The van der Waals surface area contributed by atoms with Crippen LogP contribution in [0, 0.1) is 5.92 Å². The second-order valence-corrected chi connectivity index (χ2v) is 4.89. The van der Waals surface area contributed by atoms with Crippen molar-refractivity contribution in [1.29, 1.82) is 0 Å². The van der Waals surface area contributed by atoms with E-state index in [1.165, 1.54) is 25.3 Å². The lowest BCUT2D eigenvalue weighted by molar-refractivity contribution is -0.114. The Bertz CT molecular complexity index is 382. The molecule has 0 radical (unpaired) electrons. The molecular weight excluding hydrogens is 212 g/mol. The Kier molecular flexibility index (Phi) is 3.79. The zero-order valence-electron chi connectivity index (χ0n) is 10.5. The van der Waals surface area contributed by atoms with Gasteiger partial charge in [0.05, 0.1) is 0 Å². The fourth-order valence-corrected chi connectivity index (χ4v) is 1.95. The number of carbonyl (C=O) groups excluding carboxylic acids is 1. The molecule has 3 heteroatoms. The lowest BCUT2D eigenvalue weighted by Gasteiger charge is -2.12. The zero-order valence-corrected chi connectivity index (χ0v) is 10.5. The van der Waals surface area contributed by atoms with Crippen molar-refractivity contribution in [3.63, 3.8) is 0 Å². The van der Waals surface area contributed by atoms with Crippen molar-refractivity contribution in [1.82, 2.24) is 5.32 Å². The molecule has 1 aromatic rings. The molecule has 0 bridgehead atoms. The maximum absolute atomic E-state index is 10.9. The first-order valence-corrected chi connectivity index (χ1v) is 6.25. The number of amides is 1. The van der Waals surface area contributed by atoms with E-state index < -0.39 is 0 Å². The number of anilines is 1. The van der Waals surface area contributed by atoms with Crippen LogP contribution in [0.5, 0.6) is 0 Å². The van der Waals surface area contributed by atoms with Crippen LogP contribution in [0.2, 0.25) is 0 Å². The topological polar surface area (TPSA) is 41.1 Å². The number of nitrogens with one attached hydrogen (secondary N) is 2. The molecule has 1 unspecified atom stereocenters. The highest BCUT2D eigenvalue weighted by Gasteiger charge is 2.27. The fraction of sp³-hybridized carbons (Fsp3) is 0.500. The number of benzene rings is 1. The van der Waals surface area contributed by atoms with Gasteiger partial charge >= 0.3 is 0 Å². The van der Waals surface area contributed by atoms with Gasteiger partial charge in [0.1, 0.15) is 0 Å². The molecule has 0 saturated heterocycles. The van der Waals surface area contributed by atoms with Crippen molar-refractivity contribution in [3.8, 4) is 0 Å². The molecule has 3 nitrogen and oxygen atoms in total. The number of rotatable bonds is 5. The molecule has 1 fully saturated rings. The van der Waals surface area contributed by atoms with Crippen LogP contribution in [0.1, 0.15) is 32.3 Å². The van der Waals surface area contributed by atoms with E-state index in [0.29, 0.717) is 6.04 Å². The van der Waals surface area contributed by atoms with E-state index in [0.717, 1.165) is 18.2 Å². The van der Waals surface area contributed by atoms with Crippen LogP contribution >= 0.6 is 0 Å². The number of hydrogen-bond donors (Lipinski definition) is 2. The van der Waals surface area contributed by atoms with Crippen LogP contribution in [0.15, 0.2) is 24.3 Å². The van der Waals surface area contributed by atoms with Crippen molar-refractivity contribution in [3.05, 3.63) is 29.8 Å². The highest BCUT2D eigenvalue weighted by atomic mass is 16.1. The number of carbonyl (C=O) groups is 1. The van der Waals surface area contributed by atoms with Gasteiger partial charge in [-0.2, -0.15) is 0 Å². The Morgan fingerprint density at radius 3 is 2.53 bits per heavy atom. The van der Waals surface area contributed by atoms with Crippen LogP contribution in [-0.2, 0) is 11.3 Å². The van der Waals surface area contributed by atoms with E-state index in [-0.39, 0.29) is 5.91 Å². The normalized spacial score (nSPS) is 16.6. The van der Waals surface area contributed by atoms with Gasteiger partial charge in [-0.25, -0.2) is 0 Å². The fourth-order valence-electron chi connectivity index (χ4n) is 1.95. The van der Waals surface area contributed by atoms with Gasteiger partial charge in [-0.15, -0.1) is 0 Å². The predicted octanol–water partition coefficient (Wildman–Crippen LogP) is 2.53. The largest absolute Gasteiger partial charge is 0.326 e. The lowest BCUT2D eigenvalue weighted by atomic mass is 10.1. The molecule has 1 amide bonds. The quantitative estimate of drug-likeness (QED) is 0.819. The summed E-state index contributed by atoms with van der Waals surface area (Å²) >= 11 is 0. The van der Waals surface area contributed by atoms with Gasteiger partial charge in [-0.3, -0.25) is 4.79 Å². The molecule has 1 saturated carbocycles. The second kappa shape index (κ2) is 5.32. The minimum Gasteiger partial charge on any atom is -0.326 e. The molecule has 1 aliphatic rings. The molecule has 1 aromatic carbocycles. The monoisotopic (exact) mass is 232 g/mol. The summed E-state index contributed by atoms with van der Waals surface area (Å²) in [5.41, 5.74) is 2.11. The average molecular weight is 232 g/mol. The van der Waals surface area contributed by atoms with Gasteiger partial charge in [0.15, 0.2) is 0 Å². The first-order chi connectivity index (χ1) is 8.15.